The summed E-state index contributed by atoms with van der Waals surface area (Å²) in [6, 6.07) is 9.70. The lowest BCUT2D eigenvalue weighted by Gasteiger charge is -2.41. The molecule has 0 spiro atoms. The SMILES string of the molecule is CCC(C)C(C(CC(=O)N1CCCC1C(OC)C(C)C(=O)NC(C)C(O)c1ccccc1)OC)N(C)C(=O)C(NCC(=O)C(C(C)C)N(C)C(=O)OCc1ccc(NC(=O)C(CCCNC(N)=O)NCC(=O)C(NC(=O)CCCCCN2C(=O)C=CC2=O)C(C)C)cc1)C(C)C. The molecule has 2 heterocycles. The second-order valence-electron chi connectivity index (χ2n) is 26.4. The van der Waals surface area contributed by atoms with Gasteiger partial charge < -0.3 is 61.0 Å². The van der Waals surface area contributed by atoms with Gasteiger partial charge in [0.2, 0.25) is 29.5 Å². The molecular formula is C70H109N11O15. The quantitative estimate of drug-likeness (QED) is 0.0314. The first kappa shape index (κ1) is 80.8. The van der Waals surface area contributed by atoms with Crippen molar-refractivity contribution in [2.24, 2.45) is 35.3 Å². The molecule has 26 nitrogen and oxygen atoms in total. The fraction of sp³-hybridized carbons (Fsp3) is 0.643. The normalized spacial score (nSPS) is 17.4. The van der Waals surface area contributed by atoms with E-state index in [1.807, 2.05) is 45.9 Å². The Bertz CT molecular complexity index is 2910. The van der Waals surface area contributed by atoms with Gasteiger partial charge in [-0.3, -0.25) is 58.7 Å². The zero-order valence-corrected chi connectivity index (χ0v) is 58.9. The van der Waals surface area contributed by atoms with Crippen molar-refractivity contribution in [1.29, 1.82) is 0 Å². The highest BCUT2D eigenvalue weighted by atomic mass is 16.6. The van der Waals surface area contributed by atoms with E-state index >= 15 is 0 Å². The van der Waals surface area contributed by atoms with Crippen LogP contribution in [0.2, 0.25) is 0 Å². The van der Waals surface area contributed by atoms with Crippen LogP contribution in [0.3, 0.4) is 0 Å². The number of unbranched alkanes of at least 4 members (excludes halogenated alkanes) is 2. The third-order valence-corrected chi connectivity index (χ3v) is 18.2. The number of imide groups is 1. The Hall–Kier alpha value is -7.65. The maximum absolute atomic E-state index is 14.7. The first-order chi connectivity index (χ1) is 45.5. The second kappa shape index (κ2) is 40.2. The molecule has 1 fully saturated rings. The van der Waals surface area contributed by atoms with Crippen molar-refractivity contribution in [1.82, 2.24) is 46.2 Å². The minimum Gasteiger partial charge on any atom is -0.445 e. The summed E-state index contributed by atoms with van der Waals surface area (Å²) in [7, 11) is 6.19. The van der Waals surface area contributed by atoms with E-state index in [-0.39, 0.29) is 123 Å². The number of anilines is 1. The summed E-state index contributed by atoms with van der Waals surface area (Å²) in [5, 5.41) is 28.3. The fourth-order valence-corrected chi connectivity index (χ4v) is 12.6. The van der Waals surface area contributed by atoms with E-state index in [2.05, 4.69) is 31.9 Å². The number of carbonyl (C=O) groups excluding carboxylic acids is 11. The number of nitrogens with one attached hydrogen (secondary N) is 6. The minimum atomic E-state index is -0.951. The number of likely N-dealkylation sites (tertiary alicyclic amines) is 1. The van der Waals surface area contributed by atoms with Gasteiger partial charge in [0.25, 0.3) is 11.8 Å². The predicted octanol–water partition coefficient (Wildman–Crippen LogP) is 5.16. The summed E-state index contributed by atoms with van der Waals surface area (Å²) in [5.74, 6) is -4.84. The summed E-state index contributed by atoms with van der Waals surface area (Å²) in [6.45, 7) is 18.6. The number of hydrogen-bond donors (Lipinski definition) is 8. The highest BCUT2D eigenvalue weighted by Gasteiger charge is 2.44. The maximum atomic E-state index is 14.7. The van der Waals surface area contributed by atoms with Crippen molar-refractivity contribution >= 4 is 70.7 Å². The van der Waals surface area contributed by atoms with Crippen LogP contribution in [-0.4, -0.2) is 205 Å². The van der Waals surface area contributed by atoms with Crippen LogP contribution in [-0.2, 0) is 64.0 Å². The highest BCUT2D eigenvalue weighted by molar-refractivity contribution is 6.12. The maximum Gasteiger partial charge on any atom is 0.410 e. The molecular weight excluding hydrogens is 1230 g/mol. The molecule has 0 bridgehead atoms. The van der Waals surface area contributed by atoms with Gasteiger partial charge in [-0.1, -0.05) is 118 Å². The van der Waals surface area contributed by atoms with Crippen LogP contribution in [0.1, 0.15) is 151 Å². The Morgan fingerprint density at radius 3 is 1.95 bits per heavy atom. The van der Waals surface area contributed by atoms with Crippen molar-refractivity contribution in [3.05, 3.63) is 77.9 Å². The van der Waals surface area contributed by atoms with Crippen molar-refractivity contribution in [2.45, 2.75) is 201 Å². The number of nitrogens with two attached hydrogens (primary N) is 1. The van der Waals surface area contributed by atoms with Crippen LogP contribution < -0.4 is 37.6 Å². The standard InChI is InChI=1S/C70H109N11O15/c1-15-45(8)63(55(94-13)38-59(87)80-37-23-27-52(80)65(95-14)46(9)66(89)75-47(10)64(88)49-24-18-16-19-25-49)78(11)68(91)61(43(4)5)74-40-54(83)62(44(6)7)79(12)70(93)96-41-48-29-31-50(32-30-48)76-67(90)51(26-22-35-72-69(71)92)73-39-53(82)60(42(2)3)77-56(84)28-20-17-21-36-81-57(85)33-34-58(81)86/h16,18-19,24-25,29-34,42-47,51-52,55,60-65,73-74,88H,15,17,20-23,26-28,35-41H2,1-14H3,(H,75,89)(H,76,90)(H,77,84)(H3,71,72,92). The van der Waals surface area contributed by atoms with E-state index in [9.17, 15) is 57.8 Å². The lowest BCUT2D eigenvalue weighted by Crippen LogP contribution is -2.58. The average Bonchev–Trinajstić information content (AvgIpc) is 1.43. The van der Waals surface area contributed by atoms with Crippen LogP contribution in [0.4, 0.5) is 15.3 Å². The molecule has 0 aromatic heterocycles. The van der Waals surface area contributed by atoms with Gasteiger partial charge >= 0.3 is 12.1 Å². The van der Waals surface area contributed by atoms with Gasteiger partial charge in [-0.15, -0.1) is 0 Å². The van der Waals surface area contributed by atoms with E-state index in [0.29, 0.717) is 68.3 Å². The number of carbonyl (C=O) groups is 11. The van der Waals surface area contributed by atoms with Crippen molar-refractivity contribution in [3.63, 3.8) is 0 Å². The van der Waals surface area contributed by atoms with Gasteiger partial charge in [-0.05, 0) is 92.4 Å². The number of benzene rings is 2. The number of likely N-dealkylation sites (N-methyl/N-ethyl adjacent to an activating group) is 2. The van der Waals surface area contributed by atoms with Gasteiger partial charge in [0, 0.05) is 72.2 Å². The van der Waals surface area contributed by atoms with Crippen molar-refractivity contribution < 1.29 is 72.1 Å². The van der Waals surface area contributed by atoms with Crippen LogP contribution in [0.5, 0.6) is 0 Å². The van der Waals surface area contributed by atoms with E-state index in [4.69, 9.17) is 19.9 Å². The summed E-state index contributed by atoms with van der Waals surface area (Å²) in [6.07, 6.45) is 3.48. The molecule has 2 aromatic carbocycles. The molecule has 0 radical (unpaired) electrons. The van der Waals surface area contributed by atoms with Crippen molar-refractivity contribution in [2.75, 3.05) is 66.4 Å². The Morgan fingerprint density at radius 1 is 0.729 bits per heavy atom. The number of hydrogen-bond acceptors (Lipinski definition) is 17. The Balaban J connectivity index is 1.34. The van der Waals surface area contributed by atoms with Crippen LogP contribution in [0, 0.1) is 29.6 Å². The molecule has 0 saturated carbocycles. The average molecular weight is 1340 g/mol. The molecule has 12 atom stereocenters. The molecule has 10 amide bonds. The Labute approximate surface area is 567 Å². The summed E-state index contributed by atoms with van der Waals surface area (Å²) in [4.78, 5) is 152. The van der Waals surface area contributed by atoms with Gasteiger partial charge in [0.1, 0.15) is 6.61 Å². The van der Waals surface area contributed by atoms with Crippen LogP contribution >= 0.6 is 0 Å². The summed E-state index contributed by atoms with van der Waals surface area (Å²) in [5.41, 5.74) is 6.87. The van der Waals surface area contributed by atoms with E-state index in [1.54, 1.807) is 94.8 Å². The number of urea groups is 1. The van der Waals surface area contributed by atoms with Gasteiger partial charge in [0.05, 0.1) is 86.0 Å². The number of rotatable bonds is 42. The van der Waals surface area contributed by atoms with Gasteiger partial charge in [-0.25, -0.2) is 9.59 Å². The topological polar surface area (TPSA) is 347 Å². The number of aliphatic hydroxyl groups is 1. The number of ketones is 2. The number of Topliss-reactive ketones (excluding diaryl/α,β-unsaturated/α-hetero) is 2. The first-order valence-electron chi connectivity index (χ1n) is 33.8. The number of amides is 10. The first-order valence-corrected chi connectivity index (χ1v) is 33.8. The minimum absolute atomic E-state index is 0.0604. The molecule has 2 aromatic rings. The number of aliphatic hydroxyl groups excluding tert-OH is 1. The Kier molecular flexibility index (Phi) is 33.8. The summed E-state index contributed by atoms with van der Waals surface area (Å²) < 4.78 is 17.8. The molecule has 9 N–H and O–H groups in total. The third-order valence-electron chi connectivity index (χ3n) is 18.2. The predicted molar refractivity (Wildman–Crippen MR) is 363 cm³/mol. The monoisotopic (exact) mass is 1340 g/mol. The molecule has 0 aliphatic carbocycles. The largest absolute Gasteiger partial charge is 0.445 e. The molecule has 26 heteroatoms. The van der Waals surface area contributed by atoms with Crippen LogP contribution in [0.15, 0.2) is 66.7 Å². The van der Waals surface area contributed by atoms with Gasteiger partial charge in [0.15, 0.2) is 11.6 Å². The highest BCUT2D eigenvalue weighted by Crippen LogP contribution is 2.31. The van der Waals surface area contributed by atoms with E-state index in [1.165, 1.54) is 38.3 Å². The third kappa shape index (κ3) is 24.2. The molecule has 2 aliphatic heterocycles. The number of primary amides is 1. The fourth-order valence-electron chi connectivity index (χ4n) is 12.6. The summed E-state index contributed by atoms with van der Waals surface area (Å²) >= 11 is 0. The molecule has 534 valence electrons. The van der Waals surface area contributed by atoms with E-state index in [0.717, 1.165) is 4.90 Å². The number of nitrogens with zero attached hydrogens (tertiary/aromatic N) is 4. The van der Waals surface area contributed by atoms with Gasteiger partial charge in [-0.2, -0.15) is 0 Å². The lowest BCUT2D eigenvalue weighted by molar-refractivity contribution is -0.147. The lowest BCUT2D eigenvalue weighted by atomic mass is 9.89. The number of ether oxygens (including phenoxy) is 3. The second-order valence-corrected chi connectivity index (χ2v) is 26.4. The zero-order chi connectivity index (χ0) is 71.5. The van der Waals surface area contributed by atoms with E-state index < -0.39 is 84.6 Å². The molecule has 1 saturated heterocycles. The molecule has 12 unspecified atom stereocenters. The van der Waals surface area contributed by atoms with Crippen molar-refractivity contribution in [3.8, 4) is 0 Å². The molecule has 96 heavy (non-hydrogen) atoms. The molecule has 4 rings (SSSR count). The van der Waals surface area contributed by atoms with Crippen LogP contribution in [0.25, 0.3) is 0 Å². The Morgan fingerprint density at radius 2 is 1.36 bits per heavy atom. The smallest absolute Gasteiger partial charge is 0.410 e. The zero-order valence-electron chi connectivity index (χ0n) is 58.9. The number of methoxy groups -OCH3 is 2. The molecule has 2 aliphatic rings.